The molecule has 5 nitrogen and oxygen atoms in total. The molecule has 0 saturated carbocycles. The Morgan fingerprint density at radius 3 is 2.96 bits per heavy atom. The Bertz CT molecular complexity index is 467. The van der Waals surface area contributed by atoms with Gasteiger partial charge in [-0.15, -0.1) is 0 Å². The van der Waals surface area contributed by atoms with E-state index in [2.05, 4.69) is 24.4 Å². The predicted octanol–water partition coefficient (Wildman–Crippen LogP) is 2.97. The first kappa shape index (κ1) is 17.8. The molecular weight excluding hydrogens is 292 g/mol. The SMILES string of the molecule is C[C@H](OCCCNC(=O)N1CCOCC[C@H]1C)c1ccccc1. The highest BCUT2D eigenvalue weighted by atomic mass is 16.5. The Labute approximate surface area is 139 Å². The first-order chi connectivity index (χ1) is 11.2. The number of rotatable bonds is 6. The molecule has 0 aromatic heterocycles. The summed E-state index contributed by atoms with van der Waals surface area (Å²) in [6, 6.07) is 10.4. The quantitative estimate of drug-likeness (QED) is 0.820. The van der Waals surface area contributed by atoms with Crippen LogP contribution >= 0.6 is 0 Å². The smallest absolute Gasteiger partial charge is 0.317 e. The third kappa shape index (κ3) is 5.84. The Hall–Kier alpha value is -1.59. The number of hydrogen-bond donors (Lipinski definition) is 1. The fourth-order valence-corrected chi connectivity index (χ4v) is 2.65. The van der Waals surface area contributed by atoms with Crippen LogP contribution in [0.2, 0.25) is 0 Å². The van der Waals surface area contributed by atoms with Crippen molar-refractivity contribution in [2.24, 2.45) is 0 Å². The molecule has 1 saturated heterocycles. The highest BCUT2D eigenvalue weighted by molar-refractivity contribution is 5.74. The largest absolute Gasteiger partial charge is 0.380 e. The lowest BCUT2D eigenvalue weighted by Gasteiger charge is -2.26. The van der Waals surface area contributed by atoms with E-state index in [4.69, 9.17) is 9.47 Å². The van der Waals surface area contributed by atoms with E-state index in [0.29, 0.717) is 26.3 Å². The number of benzene rings is 1. The number of carbonyl (C=O) groups excluding carboxylic acids is 1. The molecule has 1 heterocycles. The number of ether oxygens (including phenoxy) is 2. The lowest BCUT2D eigenvalue weighted by atomic mass is 10.1. The molecule has 23 heavy (non-hydrogen) atoms. The van der Waals surface area contributed by atoms with Gasteiger partial charge in [0.15, 0.2) is 0 Å². The minimum Gasteiger partial charge on any atom is -0.380 e. The number of nitrogens with one attached hydrogen (secondary N) is 1. The minimum absolute atomic E-state index is 0.000826. The van der Waals surface area contributed by atoms with Crippen molar-refractivity contribution in [1.29, 1.82) is 0 Å². The van der Waals surface area contributed by atoms with E-state index in [9.17, 15) is 4.79 Å². The summed E-state index contributed by atoms with van der Waals surface area (Å²) in [5.41, 5.74) is 1.18. The topological polar surface area (TPSA) is 50.8 Å². The molecule has 0 bridgehead atoms. The van der Waals surface area contributed by atoms with Gasteiger partial charge >= 0.3 is 6.03 Å². The standard InChI is InChI=1S/C18H28N2O3/c1-15-9-13-22-14-11-20(15)18(21)19-10-6-12-23-16(2)17-7-4-3-5-8-17/h3-5,7-8,15-16H,6,9-14H2,1-2H3,(H,19,21)/t15-,16+/m1/s1. The molecule has 0 radical (unpaired) electrons. The third-order valence-electron chi connectivity index (χ3n) is 4.18. The molecule has 5 heteroatoms. The molecule has 1 N–H and O–H groups in total. The van der Waals surface area contributed by atoms with Crippen LogP contribution in [0.3, 0.4) is 0 Å². The summed E-state index contributed by atoms with van der Waals surface area (Å²) in [4.78, 5) is 14.1. The fourth-order valence-electron chi connectivity index (χ4n) is 2.65. The van der Waals surface area contributed by atoms with Gasteiger partial charge in [-0.25, -0.2) is 4.79 Å². The number of hydrogen-bond acceptors (Lipinski definition) is 3. The predicted molar refractivity (Wildman–Crippen MR) is 90.4 cm³/mol. The lowest BCUT2D eigenvalue weighted by molar-refractivity contribution is 0.0641. The molecule has 1 fully saturated rings. The highest BCUT2D eigenvalue weighted by Crippen LogP contribution is 2.15. The second-order valence-corrected chi connectivity index (χ2v) is 5.95. The van der Waals surface area contributed by atoms with Crippen LogP contribution in [0.1, 0.15) is 38.4 Å². The lowest BCUT2D eigenvalue weighted by Crippen LogP contribution is -2.45. The van der Waals surface area contributed by atoms with Crippen molar-refractivity contribution in [3.63, 3.8) is 0 Å². The zero-order valence-electron chi connectivity index (χ0n) is 14.2. The molecule has 1 aliphatic rings. The first-order valence-electron chi connectivity index (χ1n) is 8.47. The van der Waals surface area contributed by atoms with Gasteiger partial charge in [-0.05, 0) is 32.3 Å². The summed E-state index contributed by atoms with van der Waals surface area (Å²) in [7, 11) is 0. The molecule has 2 amide bonds. The summed E-state index contributed by atoms with van der Waals surface area (Å²) < 4.78 is 11.2. The van der Waals surface area contributed by atoms with E-state index in [1.807, 2.05) is 30.0 Å². The van der Waals surface area contributed by atoms with Crippen LogP contribution in [0, 0.1) is 0 Å². The second-order valence-electron chi connectivity index (χ2n) is 5.95. The number of urea groups is 1. The van der Waals surface area contributed by atoms with Crippen molar-refractivity contribution in [1.82, 2.24) is 10.2 Å². The maximum Gasteiger partial charge on any atom is 0.317 e. The maximum absolute atomic E-state index is 12.2. The highest BCUT2D eigenvalue weighted by Gasteiger charge is 2.21. The number of carbonyl (C=O) groups is 1. The van der Waals surface area contributed by atoms with Gasteiger partial charge in [0.2, 0.25) is 0 Å². The van der Waals surface area contributed by atoms with Crippen LogP contribution in [0.4, 0.5) is 4.79 Å². The molecular formula is C18H28N2O3. The summed E-state index contributed by atoms with van der Waals surface area (Å²) in [5.74, 6) is 0. The van der Waals surface area contributed by atoms with Crippen molar-refractivity contribution in [2.45, 2.75) is 38.8 Å². The zero-order valence-corrected chi connectivity index (χ0v) is 14.2. The minimum atomic E-state index is -0.000826. The summed E-state index contributed by atoms with van der Waals surface area (Å²) in [6.45, 7) is 7.39. The van der Waals surface area contributed by atoms with Gasteiger partial charge < -0.3 is 19.7 Å². The van der Waals surface area contributed by atoms with Crippen LogP contribution in [-0.2, 0) is 9.47 Å². The molecule has 1 aromatic rings. The van der Waals surface area contributed by atoms with Crippen LogP contribution < -0.4 is 5.32 Å². The average Bonchev–Trinajstić information content (AvgIpc) is 2.79. The zero-order chi connectivity index (χ0) is 16.5. The fraction of sp³-hybridized carbons (Fsp3) is 0.611. The van der Waals surface area contributed by atoms with Gasteiger partial charge in [0.1, 0.15) is 0 Å². The van der Waals surface area contributed by atoms with E-state index in [-0.39, 0.29) is 18.2 Å². The average molecular weight is 320 g/mol. The van der Waals surface area contributed by atoms with Crippen LogP contribution in [0.15, 0.2) is 30.3 Å². The third-order valence-corrected chi connectivity index (χ3v) is 4.18. The summed E-state index contributed by atoms with van der Waals surface area (Å²) in [6.07, 6.45) is 1.78. The number of amides is 2. The van der Waals surface area contributed by atoms with Crippen molar-refractivity contribution >= 4 is 6.03 Å². The Balaban J connectivity index is 1.62. The van der Waals surface area contributed by atoms with Gasteiger partial charge in [0.25, 0.3) is 0 Å². The van der Waals surface area contributed by atoms with Crippen molar-refractivity contribution in [3.05, 3.63) is 35.9 Å². The molecule has 0 aliphatic carbocycles. The Morgan fingerprint density at radius 1 is 1.39 bits per heavy atom. The number of nitrogens with zero attached hydrogens (tertiary/aromatic N) is 1. The van der Waals surface area contributed by atoms with Crippen molar-refractivity contribution in [2.75, 3.05) is 32.9 Å². The van der Waals surface area contributed by atoms with E-state index in [0.717, 1.165) is 19.4 Å². The van der Waals surface area contributed by atoms with Gasteiger partial charge in [-0.2, -0.15) is 0 Å². The second kappa shape index (κ2) is 9.53. The summed E-state index contributed by atoms with van der Waals surface area (Å²) in [5, 5.41) is 2.98. The Kier molecular flexibility index (Phi) is 7.36. The van der Waals surface area contributed by atoms with Gasteiger partial charge in [0.05, 0.1) is 12.7 Å². The van der Waals surface area contributed by atoms with Crippen molar-refractivity contribution in [3.8, 4) is 0 Å². The normalized spacial score (nSPS) is 19.9. The van der Waals surface area contributed by atoms with Gasteiger partial charge in [-0.1, -0.05) is 30.3 Å². The molecule has 2 rings (SSSR count). The summed E-state index contributed by atoms with van der Waals surface area (Å²) >= 11 is 0. The van der Waals surface area contributed by atoms with E-state index < -0.39 is 0 Å². The van der Waals surface area contributed by atoms with Crippen LogP contribution in [0.5, 0.6) is 0 Å². The molecule has 1 aromatic carbocycles. The van der Waals surface area contributed by atoms with Crippen LogP contribution in [0.25, 0.3) is 0 Å². The molecule has 0 unspecified atom stereocenters. The molecule has 128 valence electrons. The van der Waals surface area contributed by atoms with Gasteiger partial charge in [0, 0.05) is 32.3 Å². The molecule has 0 spiro atoms. The van der Waals surface area contributed by atoms with E-state index in [1.165, 1.54) is 5.56 Å². The molecule has 1 aliphatic heterocycles. The molecule has 2 atom stereocenters. The monoisotopic (exact) mass is 320 g/mol. The van der Waals surface area contributed by atoms with E-state index in [1.54, 1.807) is 0 Å². The van der Waals surface area contributed by atoms with E-state index >= 15 is 0 Å². The van der Waals surface area contributed by atoms with Crippen LogP contribution in [-0.4, -0.2) is 49.9 Å². The Morgan fingerprint density at radius 2 is 2.17 bits per heavy atom. The first-order valence-corrected chi connectivity index (χ1v) is 8.47. The van der Waals surface area contributed by atoms with Crippen molar-refractivity contribution < 1.29 is 14.3 Å². The van der Waals surface area contributed by atoms with Gasteiger partial charge in [-0.3, -0.25) is 0 Å². The maximum atomic E-state index is 12.2.